The molecule has 2 N–H and O–H groups in total. The van der Waals surface area contributed by atoms with Gasteiger partial charge >= 0.3 is 0 Å². The Morgan fingerprint density at radius 1 is 1.04 bits per heavy atom. The monoisotopic (exact) mass is 333 g/mol. The smallest absolute Gasteiger partial charge is 0.241 e. The molecule has 0 heterocycles. The molecule has 23 heavy (non-hydrogen) atoms. The minimum Gasteiger partial charge on any atom is -0.384 e. The van der Waals surface area contributed by atoms with Crippen molar-refractivity contribution in [3.05, 3.63) is 64.7 Å². The molecule has 0 aromatic heterocycles. The van der Waals surface area contributed by atoms with Crippen molar-refractivity contribution in [3.63, 3.8) is 0 Å². The van der Waals surface area contributed by atoms with Crippen LogP contribution >= 0.6 is 0 Å². The van der Waals surface area contributed by atoms with Gasteiger partial charge in [-0.1, -0.05) is 48.0 Å². The molecule has 2 rings (SSSR count). The zero-order valence-corrected chi connectivity index (χ0v) is 14.7. The summed E-state index contributed by atoms with van der Waals surface area (Å²) in [5, 5.41) is 10.6. The molecule has 2 aromatic carbocycles. The number of sulfonamides is 1. The van der Waals surface area contributed by atoms with Gasteiger partial charge in [-0.25, -0.2) is 13.1 Å². The predicted octanol–water partition coefficient (Wildman–Crippen LogP) is 2.80. The molecule has 4 nitrogen and oxygen atoms in total. The highest BCUT2D eigenvalue weighted by molar-refractivity contribution is 7.89. The van der Waals surface area contributed by atoms with Gasteiger partial charge in [-0.15, -0.1) is 0 Å². The number of rotatable bonds is 5. The Balaban J connectivity index is 2.26. The SMILES string of the molecule is Cc1cc(C)c(S(=O)(=O)NCC(C)(O)c2ccccc2)c(C)c1. The number of benzene rings is 2. The average molecular weight is 333 g/mol. The van der Waals surface area contributed by atoms with E-state index in [0.29, 0.717) is 16.7 Å². The Labute approximate surface area is 138 Å². The van der Waals surface area contributed by atoms with Crippen LogP contribution in [0.1, 0.15) is 29.2 Å². The molecule has 124 valence electrons. The summed E-state index contributed by atoms with van der Waals surface area (Å²) in [5.74, 6) is 0. The molecule has 0 radical (unpaired) electrons. The fourth-order valence-electron chi connectivity index (χ4n) is 2.80. The van der Waals surface area contributed by atoms with Crippen molar-refractivity contribution < 1.29 is 13.5 Å². The van der Waals surface area contributed by atoms with E-state index < -0.39 is 15.6 Å². The summed E-state index contributed by atoms with van der Waals surface area (Å²) in [5.41, 5.74) is 1.82. The summed E-state index contributed by atoms with van der Waals surface area (Å²) < 4.78 is 27.8. The molecule has 0 bridgehead atoms. The number of hydrogen-bond donors (Lipinski definition) is 2. The maximum atomic E-state index is 12.6. The summed E-state index contributed by atoms with van der Waals surface area (Å²) >= 11 is 0. The third-order valence-corrected chi connectivity index (χ3v) is 5.58. The van der Waals surface area contributed by atoms with Crippen LogP contribution in [0.5, 0.6) is 0 Å². The van der Waals surface area contributed by atoms with Crippen LogP contribution in [0.25, 0.3) is 0 Å². The van der Waals surface area contributed by atoms with Gasteiger partial charge in [0, 0.05) is 6.54 Å². The van der Waals surface area contributed by atoms with E-state index in [1.165, 1.54) is 0 Å². The molecule has 1 atom stereocenters. The van der Waals surface area contributed by atoms with E-state index in [1.54, 1.807) is 32.9 Å². The van der Waals surface area contributed by atoms with Gasteiger partial charge in [0.05, 0.1) is 4.90 Å². The number of aliphatic hydroxyl groups is 1. The molecule has 0 fully saturated rings. The molecule has 0 amide bonds. The Bertz CT molecular complexity index is 773. The van der Waals surface area contributed by atoms with Crippen molar-refractivity contribution in [3.8, 4) is 0 Å². The highest BCUT2D eigenvalue weighted by atomic mass is 32.2. The first kappa shape index (κ1) is 17.7. The van der Waals surface area contributed by atoms with Gasteiger partial charge < -0.3 is 5.11 Å². The highest BCUT2D eigenvalue weighted by Gasteiger charge is 2.27. The Morgan fingerprint density at radius 3 is 2.09 bits per heavy atom. The molecule has 0 aliphatic carbocycles. The van der Waals surface area contributed by atoms with Crippen LogP contribution in [0.3, 0.4) is 0 Å². The fourth-order valence-corrected chi connectivity index (χ4v) is 4.38. The fraction of sp³-hybridized carbons (Fsp3) is 0.333. The lowest BCUT2D eigenvalue weighted by molar-refractivity contribution is 0.0627. The van der Waals surface area contributed by atoms with Crippen molar-refractivity contribution >= 4 is 10.0 Å². The largest absolute Gasteiger partial charge is 0.384 e. The van der Waals surface area contributed by atoms with Gasteiger partial charge in [0.2, 0.25) is 10.0 Å². The molecule has 0 saturated heterocycles. The predicted molar refractivity (Wildman–Crippen MR) is 91.9 cm³/mol. The first-order valence-electron chi connectivity index (χ1n) is 7.49. The van der Waals surface area contributed by atoms with Crippen LogP contribution in [-0.4, -0.2) is 20.1 Å². The summed E-state index contributed by atoms with van der Waals surface area (Å²) in [4.78, 5) is 0.284. The second-order valence-electron chi connectivity index (χ2n) is 6.19. The van der Waals surface area contributed by atoms with Gasteiger partial charge in [-0.05, 0) is 44.4 Å². The van der Waals surface area contributed by atoms with E-state index >= 15 is 0 Å². The first-order valence-corrected chi connectivity index (χ1v) is 8.97. The van der Waals surface area contributed by atoms with Gasteiger partial charge in [0.1, 0.15) is 5.60 Å². The Morgan fingerprint density at radius 2 is 1.57 bits per heavy atom. The summed E-state index contributed by atoms with van der Waals surface area (Å²) in [7, 11) is -3.69. The molecule has 0 aliphatic rings. The molecule has 1 unspecified atom stereocenters. The van der Waals surface area contributed by atoms with Crippen LogP contribution < -0.4 is 4.72 Å². The van der Waals surface area contributed by atoms with Crippen LogP contribution in [0.2, 0.25) is 0 Å². The van der Waals surface area contributed by atoms with E-state index in [1.807, 2.05) is 37.3 Å². The molecule has 0 saturated carbocycles. The number of aryl methyl sites for hydroxylation is 3. The van der Waals surface area contributed by atoms with E-state index in [9.17, 15) is 13.5 Å². The lowest BCUT2D eigenvalue weighted by atomic mass is 9.97. The van der Waals surface area contributed by atoms with E-state index in [2.05, 4.69) is 4.72 Å². The molecular formula is C18H23NO3S. The number of hydrogen-bond acceptors (Lipinski definition) is 3. The van der Waals surface area contributed by atoms with Crippen molar-refractivity contribution in [1.29, 1.82) is 0 Å². The van der Waals surface area contributed by atoms with Gasteiger partial charge in [0.15, 0.2) is 0 Å². The zero-order valence-electron chi connectivity index (χ0n) is 13.9. The van der Waals surface area contributed by atoms with Crippen molar-refractivity contribution in [2.24, 2.45) is 0 Å². The standard InChI is InChI=1S/C18H23NO3S/c1-13-10-14(2)17(15(3)11-13)23(21,22)19-12-18(4,20)16-8-6-5-7-9-16/h5-11,19-20H,12H2,1-4H3. The normalized spacial score (nSPS) is 14.5. The van der Waals surface area contributed by atoms with E-state index in [-0.39, 0.29) is 11.4 Å². The van der Waals surface area contributed by atoms with Crippen LogP contribution in [0.4, 0.5) is 0 Å². The second kappa shape index (κ2) is 6.43. The summed E-state index contributed by atoms with van der Waals surface area (Å²) in [6.45, 7) is 7.00. The van der Waals surface area contributed by atoms with Gasteiger partial charge in [-0.2, -0.15) is 0 Å². The van der Waals surface area contributed by atoms with Crippen LogP contribution in [0.15, 0.2) is 47.4 Å². The zero-order chi connectivity index (χ0) is 17.3. The third kappa shape index (κ3) is 3.99. The van der Waals surface area contributed by atoms with E-state index in [0.717, 1.165) is 5.56 Å². The minimum absolute atomic E-state index is 0.0912. The van der Waals surface area contributed by atoms with Gasteiger partial charge in [0.25, 0.3) is 0 Å². The molecule has 5 heteroatoms. The van der Waals surface area contributed by atoms with Gasteiger partial charge in [-0.3, -0.25) is 0 Å². The quantitative estimate of drug-likeness (QED) is 0.884. The summed E-state index contributed by atoms with van der Waals surface area (Å²) in [6.07, 6.45) is 0. The average Bonchev–Trinajstić information content (AvgIpc) is 2.45. The maximum absolute atomic E-state index is 12.6. The number of nitrogens with one attached hydrogen (secondary N) is 1. The molecule has 2 aromatic rings. The van der Waals surface area contributed by atoms with Crippen LogP contribution in [0, 0.1) is 20.8 Å². The second-order valence-corrected chi connectivity index (χ2v) is 7.90. The lowest BCUT2D eigenvalue weighted by Gasteiger charge is -2.24. The first-order chi connectivity index (χ1) is 10.6. The molecular weight excluding hydrogens is 310 g/mol. The molecule has 0 aliphatic heterocycles. The lowest BCUT2D eigenvalue weighted by Crippen LogP contribution is -2.39. The summed E-state index contributed by atoms with van der Waals surface area (Å²) in [6, 6.07) is 12.7. The van der Waals surface area contributed by atoms with Crippen molar-refractivity contribution in [2.45, 2.75) is 38.2 Å². The maximum Gasteiger partial charge on any atom is 0.241 e. The van der Waals surface area contributed by atoms with E-state index in [4.69, 9.17) is 0 Å². The van der Waals surface area contributed by atoms with Crippen LogP contribution in [-0.2, 0) is 15.6 Å². The third-order valence-electron chi connectivity index (χ3n) is 3.88. The topological polar surface area (TPSA) is 66.4 Å². The Hall–Kier alpha value is -1.69. The van der Waals surface area contributed by atoms with Crippen molar-refractivity contribution in [2.75, 3.05) is 6.54 Å². The van der Waals surface area contributed by atoms with Crippen molar-refractivity contribution in [1.82, 2.24) is 4.72 Å². The highest BCUT2D eigenvalue weighted by Crippen LogP contribution is 2.24. The minimum atomic E-state index is -3.69. The Kier molecular flexibility index (Phi) is 4.94. The molecule has 0 spiro atoms.